The summed E-state index contributed by atoms with van der Waals surface area (Å²) in [7, 11) is 0. The molecular weight excluding hydrogens is 242 g/mol. The van der Waals surface area contributed by atoms with Gasteiger partial charge in [-0.3, -0.25) is 4.79 Å². The number of aliphatic hydroxyl groups is 1. The maximum atomic E-state index is 11.0. The number of nitrogens with two attached hydrogens (primary N) is 1. The molecule has 4 atom stereocenters. The van der Waals surface area contributed by atoms with Crippen LogP contribution in [0.25, 0.3) is 0 Å². The molecule has 3 N–H and O–H groups in total. The molecule has 3 saturated carbocycles. The summed E-state index contributed by atoms with van der Waals surface area (Å²) in [6.45, 7) is 2.71. The highest BCUT2D eigenvalue weighted by atomic mass is 16.5. The van der Waals surface area contributed by atoms with Crippen molar-refractivity contribution in [1.82, 2.24) is 0 Å². The predicted octanol–water partition coefficient (Wildman–Crippen LogP) is 1.38. The Bertz CT molecular complexity index is 431. The summed E-state index contributed by atoms with van der Waals surface area (Å²) in [5.41, 5.74) is 5.90. The molecule has 0 aromatic heterocycles. The van der Waals surface area contributed by atoms with Crippen LogP contribution in [-0.2, 0) is 9.53 Å². The SMILES string of the molecule is C/C(=C\CC[C@]12CO[C@]3(CO)CC[C@H]1C[C@H]32)C(N)=O. The zero-order valence-electron chi connectivity index (χ0n) is 11.5. The molecule has 106 valence electrons. The summed E-state index contributed by atoms with van der Waals surface area (Å²) in [6.07, 6.45) is 7.27. The third kappa shape index (κ3) is 1.69. The number of amides is 1. The Labute approximate surface area is 114 Å². The van der Waals surface area contributed by atoms with E-state index < -0.39 is 0 Å². The standard InChI is InChI=1S/C15H23NO3/c1-10(13(16)18)3-2-5-14-9-19-15(8-17)6-4-11(14)7-12(14)15/h3,11-12,17H,2,4-9H2,1H3,(H2,16,18)/b10-3+/t11-,12-,14-,15-/m0/s1. The second-order valence-corrected chi connectivity index (χ2v) is 6.56. The fourth-order valence-electron chi connectivity index (χ4n) is 4.63. The van der Waals surface area contributed by atoms with Crippen LogP contribution in [0.3, 0.4) is 0 Å². The first-order valence-electron chi connectivity index (χ1n) is 7.25. The number of allylic oxidation sites excluding steroid dienone is 1. The number of hydrogen-bond acceptors (Lipinski definition) is 3. The molecule has 0 aromatic carbocycles. The summed E-state index contributed by atoms with van der Waals surface area (Å²) in [5.74, 6) is 0.937. The fourth-order valence-corrected chi connectivity index (χ4v) is 4.63. The summed E-state index contributed by atoms with van der Waals surface area (Å²) in [6, 6.07) is 0. The molecule has 0 unspecified atom stereocenters. The van der Waals surface area contributed by atoms with Crippen LogP contribution in [0.1, 0.15) is 39.0 Å². The highest BCUT2D eigenvalue weighted by molar-refractivity contribution is 5.91. The van der Waals surface area contributed by atoms with Crippen molar-refractivity contribution in [1.29, 1.82) is 0 Å². The maximum Gasteiger partial charge on any atom is 0.244 e. The van der Waals surface area contributed by atoms with E-state index in [4.69, 9.17) is 10.5 Å². The smallest absolute Gasteiger partial charge is 0.244 e. The van der Waals surface area contributed by atoms with Crippen LogP contribution in [0.2, 0.25) is 0 Å². The van der Waals surface area contributed by atoms with Crippen LogP contribution in [0, 0.1) is 17.3 Å². The van der Waals surface area contributed by atoms with Crippen LogP contribution in [0.15, 0.2) is 11.6 Å². The van der Waals surface area contributed by atoms with Gasteiger partial charge in [0.25, 0.3) is 0 Å². The maximum absolute atomic E-state index is 11.0. The van der Waals surface area contributed by atoms with Crippen LogP contribution in [0.4, 0.5) is 0 Å². The van der Waals surface area contributed by atoms with Crippen molar-refractivity contribution in [3.63, 3.8) is 0 Å². The average Bonchev–Trinajstić information content (AvgIpc) is 2.57. The number of ether oxygens (including phenoxy) is 1. The molecule has 4 nitrogen and oxygen atoms in total. The van der Waals surface area contributed by atoms with Gasteiger partial charge in [-0.05, 0) is 50.9 Å². The highest BCUT2D eigenvalue weighted by Gasteiger charge is 2.70. The van der Waals surface area contributed by atoms with E-state index in [1.165, 1.54) is 12.8 Å². The highest BCUT2D eigenvalue weighted by Crippen LogP contribution is 2.70. The summed E-state index contributed by atoms with van der Waals surface area (Å²) in [5, 5.41) is 9.67. The van der Waals surface area contributed by atoms with E-state index >= 15 is 0 Å². The van der Waals surface area contributed by atoms with Crippen molar-refractivity contribution in [3.05, 3.63) is 11.6 Å². The number of primary amides is 1. The van der Waals surface area contributed by atoms with Crippen LogP contribution >= 0.6 is 0 Å². The molecule has 4 bridgehead atoms. The molecule has 4 fully saturated rings. The van der Waals surface area contributed by atoms with Crippen LogP contribution in [0.5, 0.6) is 0 Å². The van der Waals surface area contributed by atoms with E-state index in [-0.39, 0.29) is 23.5 Å². The summed E-state index contributed by atoms with van der Waals surface area (Å²) >= 11 is 0. The lowest BCUT2D eigenvalue weighted by Gasteiger charge is -2.59. The van der Waals surface area contributed by atoms with Crippen molar-refractivity contribution >= 4 is 5.91 Å². The van der Waals surface area contributed by atoms with Gasteiger partial charge >= 0.3 is 0 Å². The Morgan fingerprint density at radius 2 is 2.37 bits per heavy atom. The van der Waals surface area contributed by atoms with Gasteiger partial charge < -0.3 is 15.6 Å². The minimum atomic E-state index is -0.335. The number of hydrogen-bond donors (Lipinski definition) is 2. The predicted molar refractivity (Wildman–Crippen MR) is 71.2 cm³/mol. The molecule has 3 aliphatic carbocycles. The van der Waals surface area contributed by atoms with Gasteiger partial charge in [-0.2, -0.15) is 0 Å². The first-order valence-corrected chi connectivity index (χ1v) is 7.25. The number of carbonyl (C=O) groups is 1. The Balaban J connectivity index is 1.69. The molecule has 1 amide bonds. The number of fused-ring (bicyclic) bond motifs is 1. The van der Waals surface area contributed by atoms with Gasteiger partial charge in [0.2, 0.25) is 5.91 Å². The minimum absolute atomic E-state index is 0.155. The summed E-state index contributed by atoms with van der Waals surface area (Å²) in [4.78, 5) is 11.0. The lowest BCUT2D eigenvalue weighted by atomic mass is 9.43. The van der Waals surface area contributed by atoms with Gasteiger partial charge in [-0.15, -0.1) is 0 Å². The lowest BCUT2D eigenvalue weighted by molar-refractivity contribution is -0.141. The van der Waals surface area contributed by atoms with E-state index in [0.717, 1.165) is 31.8 Å². The monoisotopic (exact) mass is 265 g/mol. The van der Waals surface area contributed by atoms with Crippen LogP contribution in [-0.4, -0.2) is 29.8 Å². The Hall–Kier alpha value is -0.870. The third-order valence-corrected chi connectivity index (χ3v) is 5.92. The number of carbonyl (C=O) groups excluding carboxylic acids is 1. The van der Waals surface area contributed by atoms with Crippen molar-refractivity contribution < 1.29 is 14.6 Å². The van der Waals surface area contributed by atoms with Gasteiger partial charge in [-0.1, -0.05) is 6.08 Å². The molecule has 0 radical (unpaired) electrons. The molecule has 4 rings (SSSR count). The molecule has 19 heavy (non-hydrogen) atoms. The lowest BCUT2D eigenvalue weighted by Crippen LogP contribution is -2.59. The number of rotatable bonds is 5. The molecular formula is C15H23NO3. The van der Waals surface area contributed by atoms with E-state index in [0.29, 0.717) is 11.5 Å². The fraction of sp³-hybridized carbons (Fsp3) is 0.800. The Kier molecular flexibility index (Phi) is 2.98. The van der Waals surface area contributed by atoms with Gasteiger partial charge in [0, 0.05) is 11.0 Å². The largest absolute Gasteiger partial charge is 0.393 e. The molecule has 0 aromatic rings. The molecule has 1 saturated heterocycles. The normalized spacial score (nSPS) is 44.0. The molecule has 0 spiro atoms. The van der Waals surface area contributed by atoms with Crippen molar-refractivity contribution in [3.8, 4) is 0 Å². The zero-order chi connectivity index (χ0) is 13.7. The second kappa shape index (κ2) is 4.32. The van der Waals surface area contributed by atoms with E-state index in [9.17, 15) is 9.90 Å². The molecule has 1 aliphatic heterocycles. The average molecular weight is 265 g/mol. The van der Waals surface area contributed by atoms with Gasteiger partial charge in [-0.25, -0.2) is 0 Å². The first-order chi connectivity index (χ1) is 9.04. The topological polar surface area (TPSA) is 72.6 Å². The molecule has 1 heterocycles. The summed E-state index contributed by atoms with van der Waals surface area (Å²) < 4.78 is 6.01. The first kappa shape index (κ1) is 13.1. The molecule has 4 aliphatic rings. The van der Waals surface area contributed by atoms with E-state index in [1.54, 1.807) is 6.92 Å². The van der Waals surface area contributed by atoms with Gasteiger partial charge in [0.15, 0.2) is 0 Å². The van der Waals surface area contributed by atoms with Crippen molar-refractivity contribution in [2.45, 2.75) is 44.6 Å². The van der Waals surface area contributed by atoms with Crippen molar-refractivity contribution in [2.24, 2.45) is 23.0 Å². The number of aliphatic hydroxyl groups excluding tert-OH is 1. The van der Waals surface area contributed by atoms with E-state index in [2.05, 4.69) is 0 Å². The molecule has 4 heteroatoms. The van der Waals surface area contributed by atoms with E-state index in [1.807, 2.05) is 6.08 Å². The zero-order valence-corrected chi connectivity index (χ0v) is 11.5. The van der Waals surface area contributed by atoms with Crippen LogP contribution < -0.4 is 5.73 Å². The minimum Gasteiger partial charge on any atom is -0.393 e. The second-order valence-electron chi connectivity index (χ2n) is 6.56. The van der Waals surface area contributed by atoms with Gasteiger partial charge in [0.05, 0.1) is 18.8 Å². The Morgan fingerprint density at radius 1 is 1.58 bits per heavy atom. The van der Waals surface area contributed by atoms with Crippen molar-refractivity contribution in [2.75, 3.05) is 13.2 Å². The third-order valence-electron chi connectivity index (χ3n) is 5.92. The Morgan fingerprint density at radius 3 is 3.00 bits per heavy atom. The van der Waals surface area contributed by atoms with Gasteiger partial charge in [0.1, 0.15) is 0 Å². The quantitative estimate of drug-likeness (QED) is 0.738.